The van der Waals surface area contributed by atoms with Crippen molar-refractivity contribution in [3.05, 3.63) is 90.0 Å². The van der Waals surface area contributed by atoms with Gasteiger partial charge in [-0.1, -0.05) is 36.4 Å². The number of benzene rings is 2. The molecule has 0 aliphatic carbocycles. The Kier molecular flexibility index (Phi) is 4.99. The van der Waals surface area contributed by atoms with E-state index in [4.69, 9.17) is 0 Å². The van der Waals surface area contributed by atoms with Crippen molar-refractivity contribution in [1.82, 2.24) is 4.98 Å². The SMILES string of the molecule is C=C(Nc1ccc(-c2ccc(C)cc2C(F)(F)F)cc1)c1ccncc1F. The van der Waals surface area contributed by atoms with Crippen molar-refractivity contribution < 1.29 is 17.6 Å². The zero-order valence-corrected chi connectivity index (χ0v) is 14.4. The van der Waals surface area contributed by atoms with Gasteiger partial charge in [-0.25, -0.2) is 4.39 Å². The van der Waals surface area contributed by atoms with Crippen molar-refractivity contribution >= 4 is 11.4 Å². The maximum absolute atomic E-state index is 13.7. The number of aromatic nitrogens is 1. The third kappa shape index (κ3) is 4.16. The number of alkyl halides is 3. The summed E-state index contributed by atoms with van der Waals surface area (Å²) in [4.78, 5) is 3.68. The van der Waals surface area contributed by atoms with Gasteiger partial charge in [0.1, 0.15) is 0 Å². The molecule has 0 unspecified atom stereocenters. The minimum Gasteiger partial charge on any atom is -0.355 e. The predicted molar refractivity (Wildman–Crippen MR) is 98.5 cm³/mol. The lowest BCUT2D eigenvalue weighted by Crippen LogP contribution is -2.07. The van der Waals surface area contributed by atoms with Crippen molar-refractivity contribution in [3.8, 4) is 11.1 Å². The summed E-state index contributed by atoms with van der Waals surface area (Å²) >= 11 is 0. The lowest BCUT2D eigenvalue weighted by Gasteiger charge is -2.15. The Morgan fingerprint density at radius 3 is 2.37 bits per heavy atom. The fourth-order valence-electron chi connectivity index (χ4n) is 2.74. The molecule has 0 atom stereocenters. The predicted octanol–water partition coefficient (Wildman–Crippen LogP) is 6.30. The van der Waals surface area contributed by atoms with Gasteiger partial charge in [-0.2, -0.15) is 13.2 Å². The summed E-state index contributed by atoms with van der Waals surface area (Å²) in [6.07, 6.45) is -1.91. The van der Waals surface area contributed by atoms with Crippen LogP contribution in [0.4, 0.5) is 23.2 Å². The molecule has 0 saturated heterocycles. The molecule has 1 N–H and O–H groups in total. The van der Waals surface area contributed by atoms with Gasteiger partial charge in [0.2, 0.25) is 0 Å². The third-order valence-corrected chi connectivity index (χ3v) is 4.07. The molecule has 0 spiro atoms. The van der Waals surface area contributed by atoms with Crippen molar-refractivity contribution in [3.63, 3.8) is 0 Å². The molecular formula is C21H16F4N2. The van der Waals surface area contributed by atoms with E-state index in [1.54, 1.807) is 37.3 Å². The van der Waals surface area contributed by atoms with Crippen LogP contribution >= 0.6 is 0 Å². The van der Waals surface area contributed by atoms with E-state index in [-0.39, 0.29) is 11.1 Å². The topological polar surface area (TPSA) is 24.9 Å². The quantitative estimate of drug-likeness (QED) is 0.544. The second kappa shape index (κ2) is 7.23. The summed E-state index contributed by atoms with van der Waals surface area (Å²) in [5.74, 6) is -0.513. The lowest BCUT2D eigenvalue weighted by atomic mass is 9.97. The van der Waals surface area contributed by atoms with Crippen LogP contribution in [0.15, 0.2) is 67.5 Å². The maximum atomic E-state index is 13.7. The summed E-state index contributed by atoms with van der Waals surface area (Å²) < 4.78 is 53.7. The first-order chi connectivity index (χ1) is 12.8. The van der Waals surface area contributed by atoms with E-state index in [1.807, 2.05) is 0 Å². The highest BCUT2D eigenvalue weighted by molar-refractivity contribution is 5.77. The van der Waals surface area contributed by atoms with Crippen molar-refractivity contribution in [2.75, 3.05) is 5.32 Å². The normalized spacial score (nSPS) is 11.3. The molecule has 0 amide bonds. The van der Waals surface area contributed by atoms with Gasteiger partial charge in [0.15, 0.2) is 5.82 Å². The molecule has 0 bridgehead atoms. The smallest absolute Gasteiger partial charge is 0.355 e. The van der Waals surface area contributed by atoms with Crippen molar-refractivity contribution in [2.24, 2.45) is 0 Å². The molecule has 6 heteroatoms. The second-order valence-electron chi connectivity index (χ2n) is 6.08. The number of pyridine rings is 1. The Morgan fingerprint density at radius 2 is 1.74 bits per heavy atom. The molecule has 0 aliphatic rings. The minimum absolute atomic E-state index is 0.110. The molecule has 3 aromatic rings. The number of nitrogens with one attached hydrogen (secondary N) is 1. The third-order valence-electron chi connectivity index (χ3n) is 4.07. The first-order valence-corrected chi connectivity index (χ1v) is 8.10. The molecule has 0 saturated carbocycles. The molecular weight excluding hydrogens is 356 g/mol. The first-order valence-electron chi connectivity index (χ1n) is 8.10. The van der Waals surface area contributed by atoms with Gasteiger partial charge >= 0.3 is 6.18 Å². The van der Waals surface area contributed by atoms with Crippen LogP contribution in [0.1, 0.15) is 16.7 Å². The number of anilines is 1. The van der Waals surface area contributed by atoms with E-state index in [0.717, 1.165) is 12.3 Å². The number of aryl methyl sites for hydroxylation is 1. The Labute approximate surface area is 154 Å². The average Bonchev–Trinajstić information content (AvgIpc) is 2.62. The van der Waals surface area contributed by atoms with Gasteiger partial charge in [0, 0.05) is 23.1 Å². The highest BCUT2D eigenvalue weighted by Gasteiger charge is 2.33. The molecule has 1 heterocycles. The van der Waals surface area contributed by atoms with Crippen molar-refractivity contribution in [2.45, 2.75) is 13.1 Å². The summed E-state index contributed by atoms with van der Waals surface area (Å²) in [7, 11) is 0. The highest BCUT2D eigenvalue weighted by atomic mass is 19.4. The van der Waals surface area contributed by atoms with Crippen LogP contribution in [0.25, 0.3) is 16.8 Å². The van der Waals surface area contributed by atoms with E-state index in [0.29, 0.717) is 22.5 Å². The second-order valence-corrected chi connectivity index (χ2v) is 6.08. The molecule has 3 rings (SSSR count). The number of hydrogen-bond acceptors (Lipinski definition) is 2. The standard InChI is InChI=1S/C21H16F4N2/c1-13-3-8-18(19(11-13)21(23,24)25)15-4-6-16(7-5-15)27-14(2)17-9-10-26-12-20(17)22/h3-12,27H,2H2,1H3. The van der Waals surface area contributed by atoms with Crippen LogP contribution in [-0.4, -0.2) is 4.98 Å². The molecule has 0 fully saturated rings. The van der Waals surface area contributed by atoms with Crippen LogP contribution in [0.2, 0.25) is 0 Å². The fraction of sp³-hybridized carbons (Fsp3) is 0.0952. The Balaban J connectivity index is 1.87. The Bertz CT molecular complexity index is 976. The summed E-state index contributed by atoms with van der Waals surface area (Å²) in [5, 5.41) is 2.95. The van der Waals surface area contributed by atoms with Gasteiger partial charge in [-0.3, -0.25) is 4.98 Å². The largest absolute Gasteiger partial charge is 0.417 e. The number of halogens is 4. The van der Waals surface area contributed by atoms with E-state index >= 15 is 0 Å². The molecule has 27 heavy (non-hydrogen) atoms. The van der Waals surface area contributed by atoms with Gasteiger partial charge in [-0.05, 0) is 42.3 Å². The number of hydrogen-bond donors (Lipinski definition) is 1. The molecule has 138 valence electrons. The van der Waals surface area contributed by atoms with Crippen LogP contribution < -0.4 is 5.32 Å². The molecule has 0 radical (unpaired) electrons. The molecule has 2 nitrogen and oxygen atoms in total. The molecule has 0 aliphatic heterocycles. The highest BCUT2D eigenvalue weighted by Crippen LogP contribution is 2.38. The van der Waals surface area contributed by atoms with E-state index in [1.165, 1.54) is 18.3 Å². The Morgan fingerprint density at radius 1 is 1.04 bits per heavy atom. The summed E-state index contributed by atoms with van der Waals surface area (Å²) in [5.41, 5.74) is 1.60. The zero-order chi connectivity index (χ0) is 19.6. The van der Waals surface area contributed by atoms with Crippen molar-refractivity contribution in [1.29, 1.82) is 0 Å². The number of nitrogens with zero attached hydrogens (tertiary/aromatic N) is 1. The van der Waals surface area contributed by atoms with Crippen LogP contribution in [-0.2, 0) is 6.18 Å². The van der Waals surface area contributed by atoms with Crippen LogP contribution in [0.3, 0.4) is 0 Å². The minimum atomic E-state index is -4.44. The number of rotatable bonds is 4. The summed E-state index contributed by atoms with van der Waals surface area (Å²) in [6.45, 7) is 5.41. The monoisotopic (exact) mass is 372 g/mol. The van der Waals surface area contributed by atoms with Gasteiger partial charge in [0.05, 0.1) is 11.8 Å². The zero-order valence-electron chi connectivity index (χ0n) is 14.4. The van der Waals surface area contributed by atoms with Gasteiger partial charge in [-0.15, -0.1) is 0 Å². The molecule has 1 aromatic heterocycles. The summed E-state index contributed by atoms with van der Waals surface area (Å²) in [6, 6.07) is 12.1. The van der Waals surface area contributed by atoms with Crippen LogP contribution in [0, 0.1) is 12.7 Å². The lowest BCUT2D eigenvalue weighted by molar-refractivity contribution is -0.137. The average molecular weight is 372 g/mol. The van der Waals surface area contributed by atoms with Crippen LogP contribution in [0.5, 0.6) is 0 Å². The van der Waals surface area contributed by atoms with E-state index in [2.05, 4.69) is 16.9 Å². The fourth-order valence-corrected chi connectivity index (χ4v) is 2.74. The maximum Gasteiger partial charge on any atom is 0.417 e. The van der Waals surface area contributed by atoms with E-state index < -0.39 is 17.6 Å². The van der Waals surface area contributed by atoms with Gasteiger partial charge in [0.25, 0.3) is 0 Å². The van der Waals surface area contributed by atoms with E-state index in [9.17, 15) is 17.6 Å². The Hall–Kier alpha value is -3.15. The first kappa shape index (κ1) is 18.6. The molecule has 2 aromatic carbocycles. The van der Waals surface area contributed by atoms with Gasteiger partial charge < -0.3 is 5.32 Å².